The molecule has 5 nitrogen and oxygen atoms in total. The lowest BCUT2D eigenvalue weighted by molar-refractivity contribution is -0.948. The summed E-state index contributed by atoms with van der Waals surface area (Å²) in [5.41, 5.74) is 3.33. The van der Waals surface area contributed by atoms with Crippen molar-refractivity contribution in [1.29, 1.82) is 0 Å². The van der Waals surface area contributed by atoms with E-state index >= 15 is 0 Å². The molecule has 1 aliphatic rings. The number of carbonyl (C=O) groups is 1. The highest BCUT2D eigenvalue weighted by molar-refractivity contribution is 5.76. The molecule has 0 fully saturated rings. The van der Waals surface area contributed by atoms with E-state index in [1.54, 1.807) is 26.4 Å². The Morgan fingerprint density at radius 2 is 1.93 bits per heavy atom. The number of rotatable bonds is 8. The summed E-state index contributed by atoms with van der Waals surface area (Å²) in [6.07, 6.45) is 2.13. The third-order valence-electron chi connectivity index (χ3n) is 5.97. The van der Waals surface area contributed by atoms with E-state index in [0.29, 0.717) is 24.5 Å². The van der Waals surface area contributed by atoms with Crippen LogP contribution in [0.2, 0.25) is 0 Å². The maximum Gasteiger partial charge on any atom is 0.220 e. The highest BCUT2D eigenvalue weighted by Crippen LogP contribution is 2.35. The zero-order valence-electron chi connectivity index (χ0n) is 18.3. The van der Waals surface area contributed by atoms with Crippen LogP contribution in [0, 0.1) is 5.82 Å². The van der Waals surface area contributed by atoms with Crippen molar-refractivity contribution in [2.24, 2.45) is 0 Å². The van der Waals surface area contributed by atoms with Crippen molar-refractivity contribution in [3.8, 4) is 11.5 Å². The van der Waals surface area contributed by atoms with Gasteiger partial charge in [0.2, 0.25) is 5.91 Å². The molecule has 0 saturated heterocycles. The van der Waals surface area contributed by atoms with Crippen molar-refractivity contribution in [3.63, 3.8) is 0 Å². The first-order chi connectivity index (χ1) is 14.5. The molecule has 30 heavy (non-hydrogen) atoms. The number of ether oxygens (including phenoxy) is 2. The van der Waals surface area contributed by atoms with Crippen LogP contribution in [-0.2, 0) is 17.8 Å². The van der Waals surface area contributed by atoms with Gasteiger partial charge in [0.15, 0.2) is 11.5 Å². The second-order valence-corrected chi connectivity index (χ2v) is 7.78. The molecule has 1 heterocycles. The molecule has 2 N–H and O–H groups in total. The normalized spacial score (nSPS) is 19.0. The number of carbonyl (C=O) groups excluding carboxylic acids is 1. The van der Waals surface area contributed by atoms with Gasteiger partial charge < -0.3 is 19.7 Å². The highest BCUT2D eigenvalue weighted by atomic mass is 19.1. The molecule has 1 aliphatic heterocycles. The van der Waals surface area contributed by atoms with E-state index in [2.05, 4.69) is 18.3 Å². The van der Waals surface area contributed by atoms with Gasteiger partial charge in [0, 0.05) is 24.0 Å². The lowest BCUT2D eigenvalue weighted by Gasteiger charge is -2.39. The number of benzene rings is 2. The maximum absolute atomic E-state index is 13.8. The second kappa shape index (κ2) is 9.94. The van der Waals surface area contributed by atoms with Gasteiger partial charge in [-0.15, -0.1) is 0 Å². The number of hydrogen-bond donors (Lipinski definition) is 2. The molecular formula is C24H32FN2O3+. The van der Waals surface area contributed by atoms with Gasteiger partial charge >= 0.3 is 0 Å². The lowest BCUT2D eigenvalue weighted by atomic mass is 9.86. The minimum absolute atomic E-state index is 0.0295. The monoisotopic (exact) mass is 415 g/mol. The Kier molecular flexibility index (Phi) is 7.32. The number of hydrogen-bond acceptors (Lipinski definition) is 3. The molecule has 0 radical (unpaired) electrons. The van der Waals surface area contributed by atoms with Gasteiger partial charge in [-0.3, -0.25) is 4.79 Å². The van der Waals surface area contributed by atoms with Crippen LogP contribution in [0.25, 0.3) is 0 Å². The van der Waals surface area contributed by atoms with Gasteiger partial charge in [0.05, 0.1) is 26.8 Å². The fourth-order valence-corrected chi connectivity index (χ4v) is 4.45. The highest BCUT2D eigenvalue weighted by Gasteiger charge is 2.38. The van der Waals surface area contributed by atoms with Gasteiger partial charge in [0.1, 0.15) is 18.4 Å². The first-order valence-corrected chi connectivity index (χ1v) is 10.6. The van der Waals surface area contributed by atoms with Crippen LogP contribution in [0.3, 0.4) is 0 Å². The van der Waals surface area contributed by atoms with Gasteiger partial charge in [-0.1, -0.05) is 26.0 Å². The first-order valence-electron chi connectivity index (χ1n) is 10.6. The van der Waals surface area contributed by atoms with E-state index in [-0.39, 0.29) is 23.8 Å². The minimum Gasteiger partial charge on any atom is -0.493 e. The average Bonchev–Trinajstić information content (AvgIpc) is 2.76. The fourth-order valence-electron chi connectivity index (χ4n) is 4.45. The van der Waals surface area contributed by atoms with Crippen LogP contribution in [0.4, 0.5) is 4.39 Å². The van der Waals surface area contributed by atoms with Crippen molar-refractivity contribution in [3.05, 3.63) is 58.9 Å². The van der Waals surface area contributed by atoms with Gasteiger partial charge in [0.25, 0.3) is 0 Å². The number of nitrogens with one attached hydrogen (secondary N) is 2. The fraction of sp³-hybridized carbons (Fsp3) is 0.458. The van der Waals surface area contributed by atoms with Crippen molar-refractivity contribution >= 4 is 5.91 Å². The third-order valence-corrected chi connectivity index (χ3v) is 5.97. The Balaban J connectivity index is 2.03. The number of amides is 1. The molecular weight excluding hydrogens is 383 g/mol. The van der Waals surface area contributed by atoms with Crippen LogP contribution < -0.4 is 19.7 Å². The summed E-state index contributed by atoms with van der Waals surface area (Å²) in [4.78, 5) is 13.6. The van der Waals surface area contributed by atoms with Crippen LogP contribution in [-0.4, -0.2) is 32.7 Å². The molecule has 1 unspecified atom stereocenters. The summed E-state index contributed by atoms with van der Waals surface area (Å²) in [7, 11) is 3.28. The summed E-state index contributed by atoms with van der Waals surface area (Å²) < 4.78 is 24.8. The molecule has 1 amide bonds. The van der Waals surface area contributed by atoms with E-state index in [1.807, 2.05) is 19.1 Å². The van der Waals surface area contributed by atoms with Crippen molar-refractivity contribution < 1.29 is 23.6 Å². The topological polar surface area (TPSA) is 52.0 Å². The molecule has 0 saturated carbocycles. The predicted octanol–water partition coefficient (Wildman–Crippen LogP) is 2.83. The molecule has 0 aliphatic carbocycles. The van der Waals surface area contributed by atoms with Crippen LogP contribution >= 0.6 is 0 Å². The Hall–Kier alpha value is -2.60. The van der Waals surface area contributed by atoms with E-state index in [9.17, 15) is 9.18 Å². The standard InChI is InChI=1S/C24H31FN2O3/c1-5-20(26-23(28)6-2)24-19-14-22(30-4)21(29-3)13-17(19)10-11-27(24)15-16-8-7-9-18(25)12-16/h7-9,12-14,20,24H,5-6,10-11,15H2,1-4H3,(H,26,28)/p+1/t20-,24-/m1/s1. The average molecular weight is 416 g/mol. The molecule has 3 rings (SSSR count). The Bertz CT molecular complexity index is 887. The predicted molar refractivity (Wildman–Crippen MR) is 114 cm³/mol. The van der Waals surface area contributed by atoms with Crippen LogP contribution in [0.5, 0.6) is 11.5 Å². The molecule has 2 aromatic carbocycles. The van der Waals surface area contributed by atoms with Gasteiger partial charge in [-0.25, -0.2) is 4.39 Å². The van der Waals surface area contributed by atoms with Crippen LogP contribution in [0.15, 0.2) is 36.4 Å². The van der Waals surface area contributed by atoms with Crippen molar-refractivity contribution in [2.45, 2.75) is 51.7 Å². The molecule has 3 atom stereocenters. The SMILES string of the molecule is CCC(=O)N[C@H](CC)[C@H]1c2cc(OC)c(OC)cc2CC[NH+]1Cc1cccc(F)c1. The zero-order valence-corrected chi connectivity index (χ0v) is 18.3. The minimum atomic E-state index is -0.224. The molecule has 2 aromatic rings. The summed E-state index contributed by atoms with van der Waals surface area (Å²) in [5, 5.41) is 3.21. The third kappa shape index (κ3) is 4.75. The number of fused-ring (bicyclic) bond motifs is 1. The molecule has 162 valence electrons. The first kappa shape index (κ1) is 22.1. The smallest absolute Gasteiger partial charge is 0.220 e. The van der Waals surface area contributed by atoms with Crippen LogP contribution in [0.1, 0.15) is 49.4 Å². The summed E-state index contributed by atoms with van der Waals surface area (Å²) in [6, 6.07) is 10.9. The Morgan fingerprint density at radius 1 is 1.20 bits per heavy atom. The quantitative estimate of drug-likeness (QED) is 0.697. The van der Waals surface area contributed by atoms with E-state index in [1.165, 1.54) is 16.5 Å². The summed E-state index contributed by atoms with van der Waals surface area (Å²) >= 11 is 0. The van der Waals surface area contributed by atoms with E-state index in [4.69, 9.17) is 9.47 Å². The molecule has 0 spiro atoms. The summed E-state index contributed by atoms with van der Waals surface area (Å²) in [5.74, 6) is 1.22. The molecule has 0 bridgehead atoms. The zero-order chi connectivity index (χ0) is 21.7. The van der Waals surface area contributed by atoms with E-state index < -0.39 is 0 Å². The second-order valence-electron chi connectivity index (χ2n) is 7.78. The van der Waals surface area contributed by atoms with Gasteiger partial charge in [-0.05, 0) is 36.2 Å². The Morgan fingerprint density at radius 3 is 2.57 bits per heavy atom. The lowest BCUT2D eigenvalue weighted by Crippen LogP contribution is -3.13. The maximum atomic E-state index is 13.8. The summed E-state index contributed by atoms with van der Waals surface area (Å²) in [6.45, 7) is 5.54. The van der Waals surface area contributed by atoms with Crippen molar-refractivity contribution in [2.75, 3.05) is 20.8 Å². The largest absolute Gasteiger partial charge is 0.493 e. The van der Waals surface area contributed by atoms with Crippen molar-refractivity contribution in [1.82, 2.24) is 5.32 Å². The Labute approximate surface area is 178 Å². The number of quaternary nitrogens is 1. The molecule has 6 heteroatoms. The number of methoxy groups -OCH3 is 2. The van der Waals surface area contributed by atoms with E-state index in [0.717, 1.165) is 30.5 Å². The number of halogens is 1. The molecule has 0 aromatic heterocycles. The van der Waals surface area contributed by atoms with Gasteiger partial charge in [-0.2, -0.15) is 0 Å².